The molecule has 1 fully saturated rings. The van der Waals surface area contributed by atoms with Crippen LogP contribution in [0.25, 0.3) is 0 Å². The van der Waals surface area contributed by atoms with Crippen LogP contribution in [-0.2, 0) is 4.74 Å². The number of pyridine rings is 1. The fourth-order valence-electron chi connectivity index (χ4n) is 3.12. The number of rotatable bonds is 2. The smallest absolute Gasteiger partial charge is 0.410 e. The molecule has 0 N–H and O–H groups in total. The van der Waals surface area contributed by atoms with E-state index in [2.05, 4.69) is 27.0 Å². The predicted molar refractivity (Wildman–Crippen MR) is 99.5 cm³/mol. The van der Waals surface area contributed by atoms with E-state index in [1.807, 2.05) is 27.0 Å². The lowest BCUT2D eigenvalue weighted by molar-refractivity contribution is 0.0240. The second-order valence-corrected chi connectivity index (χ2v) is 7.65. The molecule has 3 rings (SSSR count). The van der Waals surface area contributed by atoms with Gasteiger partial charge in [0.1, 0.15) is 11.4 Å². The van der Waals surface area contributed by atoms with Crippen LogP contribution in [0.15, 0.2) is 23.3 Å². The number of aromatic nitrogens is 1. The summed E-state index contributed by atoms with van der Waals surface area (Å²) in [6.07, 6.45) is 5.16. The second kappa shape index (κ2) is 7.42. The molecule has 6 heteroatoms. The molecule has 0 bridgehead atoms. The van der Waals surface area contributed by atoms with Crippen molar-refractivity contribution in [1.29, 1.82) is 0 Å². The fourth-order valence-corrected chi connectivity index (χ4v) is 3.12. The molecular formula is C19H28N4O2. The maximum atomic E-state index is 12.1. The molecule has 1 aromatic heterocycles. The Morgan fingerprint density at radius 3 is 2.44 bits per heavy atom. The molecule has 0 aliphatic carbocycles. The zero-order chi connectivity index (χ0) is 17.9. The molecule has 0 atom stereocenters. The van der Waals surface area contributed by atoms with E-state index in [9.17, 15) is 4.79 Å². The van der Waals surface area contributed by atoms with Gasteiger partial charge in [0.05, 0.1) is 0 Å². The predicted octanol–water partition coefficient (Wildman–Crippen LogP) is 3.11. The molecule has 3 heterocycles. The third kappa shape index (κ3) is 4.71. The molecule has 0 saturated carbocycles. The Balaban J connectivity index is 1.56. The van der Waals surface area contributed by atoms with Gasteiger partial charge in [-0.05, 0) is 52.2 Å². The Hall–Kier alpha value is -2.11. The number of ether oxygens (including phenoxy) is 1. The first-order valence-electron chi connectivity index (χ1n) is 9.15. The van der Waals surface area contributed by atoms with Crippen molar-refractivity contribution >= 4 is 17.6 Å². The Kier molecular flexibility index (Phi) is 5.25. The Morgan fingerprint density at radius 1 is 1.12 bits per heavy atom. The number of carbonyl (C=O) groups excluding carboxylic acids is 1. The molecule has 0 aromatic carbocycles. The highest BCUT2D eigenvalue weighted by molar-refractivity contribution is 6.00. The van der Waals surface area contributed by atoms with E-state index in [1.54, 1.807) is 4.90 Å². The van der Waals surface area contributed by atoms with Crippen molar-refractivity contribution < 1.29 is 9.53 Å². The molecule has 0 radical (unpaired) electrons. The molecule has 136 valence electrons. The van der Waals surface area contributed by atoms with Crippen LogP contribution in [0.2, 0.25) is 0 Å². The van der Waals surface area contributed by atoms with Crippen LogP contribution >= 0.6 is 0 Å². The van der Waals surface area contributed by atoms with Gasteiger partial charge in [-0.2, -0.15) is 0 Å². The summed E-state index contributed by atoms with van der Waals surface area (Å²) >= 11 is 0. The molecule has 2 aliphatic heterocycles. The lowest BCUT2D eigenvalue weighted by Crippen LogP contribution is -2.50. The Labute approximate surface area is 149 Å². The first-order valence-corrected chi connectivity index (χ1v) is 9.15. The zero-order valence-electron chi connectivity index (χ0n) is 15.5. The summed E-state index contributed by atoms with van der Waals surface area (Å²) in [6.45, 7) is 9.47. The van der Waals surface area contributed by atoms with Crippen molar-refractivity contribution in [3.8, 4) is 0 Å². The van der Waals surface area contributed by atoms with Crippen LogP contribution in [0.1, 0.15) is 45.6 Å². The lowest BCUT2D eigenvalue weighted by Gasteiger charge is -2.36. The number of amides is 1. The van der Waals surface area contributed by atoms with Crippen LogP contribution in [0.5, 0.6) is 0 Å². The number of aliphatic imine (C=N–C) groups is 1. The van der Waals surface area contributed by atoms with Crippen molar-refractivity contribution in [3.05, 3.63) is 23.9 Å². The fraction of sp³-hybridized carbons (Fsp3) is 0.632. The number of anilines is 1. The number of carbonyl (C=O) groups is 1. The van der Waals surface area contributed by atoms with E-state index >= 15 is 0 Å². The molecular weight excluding hydrogens is 316 g/mol. The van der Waals surface area contributed by atoms with E-state index in [4.69, 9.17) is 4.74 Å². The Morgan fingerprint density at radius 2 is 1.88 bits per heavy atom. The molecule has 0 unspecified atom stereocenters. The van der Waals surface area contributed by atoms with E-state index < -0.39 is 5.60 Å². The van der Waals surface area contributed by atoms with Gasteiger partial charge in [0.25, 0.3) is 0 Å². The first kappa shape index (κ1) is 17.7. The van der Waals surface area contributed by atoms with Crippen molar-refractivity contribution in [2.75, 3.05) is 37.6 Å². The van der Waals surface area contributed by atoms with E-state index in [0.29, 0.717) is 13.1 Å². The maximum absolute atomic E-state index is 12.1. The number of hydrogen-bond acceptors (Lipinski definition) is 5. The summed E-state index contributed by atoms with van der Waals surface area (Å²) in [5, 5.41) is 0. The minimum Gasteiger partial charge on any atom is -0.444 e. The van der Waals surface area contributed by atoms with Crippen molar-refractivity contribution in [3.63, 3.8) is 0 Å². The van der Waals surface area contributed by atoms with Crippen molar-refractivity contribution in [1.82, 2.24) is 9.88 Å². The second-order valence-electron chi connectivity index (χ2n) is 7.65. The van der Waals surface area contributed by atoms with Gasteiger partial charge in [-0.25, -0.2) is 9.78 Å². The molecule has 1 amide bonds. The van der Waals surface area contributed by atoms with Crippen LogP contribution in [0.3, 0.4) is 0 Å². The topological polar surface area (TPSA) is 58.0 Å². The molecule has 6 nitrogen and oxygen atoms in total. The van der Waals surface area contributed by atoms with E-state index in [-0.39, 0.29) is 6.09 Å². The largest absolute Gasteiger partial charge is 0.444 e. The van der Waals surface area contributed by atoms with E-state index in [1.165, 1.54) is 18.6 Å². The van der Waals surface area contributed by atoms with Gasteiger partial charge in [-0.15, -0.1) is 0 Å². The monoisotopic (exact) mass is 344 g/mol. The van der Waals surface area contributed by atoms with Gasteiger partial charge in [0.15, 0.2) is 0 Å². The molecule has 2 aliphatic rings. The summed E-state index contributed by atoms with van der Waals surface area (Å²) in [5.74, 6) is 0.962. The van der Waals surface area contributed by atoms with Gasteiger partial charge >= 0.3 is 6.09 Å². The summed E-state index contributed by atoms with van der Waals surface area (Å²) in [6, 6.07) is 4.18. The average Bonchev–Trinajstić information content (AvgIpc) is 2.61. The third-order valence-corrected chi connectivity index (χ3v) is 4.46. The van der Waals surface area contributed by atoms with Gasteiger partial charge in [0, 0.05) is 50.2 Å². The quantitative estimate of drug-likeness (QED) is 0.827. The number of nitrogens with zero attached hydrogens (tertiary/aromatic N) is 4. The first-order chi connectivity index (χ1) is 11.9. The summed E-state index contributed by atoms with van der Waals surface area (Å²) < 4.78 is 5.44. The normalized spacial score (nSPS) is 18.8. The van der Waals surface area contributed by atoms with Crippen LogP contribution in [-0.4, -0.2) is 60.0 Å². The average molecular weight is 344 g/mol. The van der Waals surface area contributed by atoms with E-state index in [0.717, 1.165) is 37.4 Å². The molecule has 1 saturated heterocycles. The zero-order valence-corrected chi connectivity index (χ0v) is 15.5. The summed E-state index contributed by atoms with van der Waals surface area (Å²) in [4.78, 5) is 25.3. The van der Waals surface area contributed by atoms with Crippen molar-refractivity contribution in [2.24, 2.45) is 4.99 Å². The third-order valence-electron chi connectivity index (χ3n) is 4.46. The highest BCUT2D eigenvalue weighted by Crippen LogP contribution is 2.18. The molecule has 25 heavy (non-hydrogen) atoms. The van der Waals surface area contributed by atoms with Gasteiger partial charge in [0.2, 0.25) is 0 Å². The number of hydrogen-bond donors (Lipinski definition) is 0. The minimum absolute atomic E-state index is 0.231. The van der Waals surface area contributed by atoms with Gasteiger partial charge in [-0.3, -0.25) is 4.99 Å². The van der Waals surface area contributed by atoms with Crippen LogP contribution in [0.4, 0.5) is 10.6 Å². The SMILES string of the molecule is CC(C)(C)OC(=O)N1CCN(c2ccc(C3=NCCCC3)cn2)CC1. The minimum atomic E-state index is -0.451. The number of piperazine rings is 1. The van der Waals surface area contributed by atoms with Crippen molar-refractivity contribution in [2.45, 2.75) is 45.6 Å². The van der Waals surface area contributed by atoms with Gasteiger partial charge < -0.3 is 14.5 Å². The molecule has 1 aromatic rings. The Bertz CT molecular complexity index is 626. The highest BCUT2D eigenvalue weighted by atomic mass is 16.6. The van der Waals surface area contributed by atoms with Crippen LogP contribution in [0, 0.1) is 0 Å². The maximum Gasteiger partial charge on any atom is 0.410 e. The summed E-state index contributed by atoms with van der Waals surface area (Å²) in [5.41, 5.74) is 1.86. The molecule has 0 spiro atoms. The standard InChI is InChI=1S/C19H28N4O2/c1-19(2,3)25-18(24)23-12-10-22(11-13-23)17-8-7-15(14-21-17)16-6-4-5-9-20-16/h7-8,14H,4-6,9-13H2,1-3H3. The van der Waals surface area contributed by atoms with Crippen LogP contribution < -0.4 is 4.90 Å². The highest BCUT2D eigenvalue weighted by Gasteiger charge is 2.26. The van der Waals surface area contributed by atoms with Gasteiger partial charge in [-0.1, -0.05) is 0 Å². The lowest BCUT2D eigenvalue weighted by atomic mass is 10.0. The summed E-state index contributed by atoms with van der Waals surface area (Å²) in [7, 11) is 0.